The number of aromatic nitrogens is 2. The Bertz CT molecular complexity index is 741. The Balaban J connectivity index is 2.19. The number of carbonyl (C=O) groups excluding carboxylic acids is 1. The fourth-order valence-electron chi connectivity index (χ4n) is 2.82. The third-order valence-electron chi connectivity index (χ3n) is 3.98. The normalized spacial score (nSPS) is 14.9. The van der Waals surface area contributed by atoms with Crippen LogP contribution >= 0.6 is 0 Å². The number of benzene rings is 1. The molecule has 1 aliphatic rings. The van der Waals surface area contributed by atoms with Gasteiger partial charge in [0.15, 0.2) is 0 Å². The van der Waals surface area contributed by atoms with E-state index in [9.17, 15) is 13.6 Å². The van der Waals surface area contributed by atoms with Gasteiger partial charge in [0.25, 0.3) is 0 Å². The topological polar surface area (TPSA) is 64.2 Å². The Hall–Kier alpha value is -2.28. The standard InChI is InChI=1S/C15H16F2N4O/c1-2-20-6-5-13-11(8-20)14(19-21(13)15(18)22)10-7-9(16)3-4-12(10)17/h3-4,7H,2,5-6,8H2,1H3,(H2,18,22). The molecule has 0 saturated heterocycles. The van der Waals surface area contributed by atoms with Crippen LogP contribution in [0.1, 0.15) is 18.2 Å². The van der Waals surface area contributed by atoms with Crippen LogP contribution in [0.2, 0.25) is 0 Å². The molecule has 1 aliphatic heterocycles. The van der Waals surface area contributed by atoms with Crippen LogP contribution in [0, 0.1) is 11.6 Å². The molecule has 3 rings (SSSR count). The summed E-state index contributed by atoms with van der Waals surface area (Å²) in [6.45, 7) is 4.15. The molecule has 5 nitrogen and oxygen atoms in total. The predicted octanol–water partition coefficient (Wildman–Crippen LogP) is 2.13. The fraction of sp³-hybridized carbons (Fsp3) is 0.333. The second-order valence-electron chi connectivity index (χ2n) is 5.27. The van der Waals surface area contributed by atoms with Crippen molar-refractivity contribution in [1.82, 2.24) is 14.7 Å². The maximum Gasteiger partial charge on any atom is 0.339 e. The zero-order chi connectivity index (χ0) is 15.9. The van der Waals surface area contributed by atoms with Crippen molar-refractivity contribution in [3.63, 3.8) is 0 Å². The summed E-state index contributed by atoms with van der Waals surface area (Å²) in [4.78, 5) is 13.7. The van der Waals surface area contributed by atoms with Crippen LogP contribution in [0.15, 0.2) is 18.2 Å². The molecule has 0 spiro atoms. The Morgan fingerprint density at radius 1 is 1.41 bits per heavy atom. The van der Waals surface area contributed by atoms with Gasteiger partial charge in [-0.05, 0) is 24.7 Å². The van der Waals surface area contributed by atoms with Gasteiger partial charge < -0.3 is 5.73 Å². The molecule has 1 aromatic carbocycles. The summed E-state index contributed by atoms with van der Waals surface area (Å²) in [5.74, 6) is -1.13. The van der Waals surface area contributed by atoms with Gasteiger partial charge in [0, 0.05) is 30.6 Å². The molecule has 0 radical (unpaired) electrons. The number of hydrogen-bond donors (Lipinski definition) is 1. The van der Waals surface area contributed by atoms with Crippen molar-refractivity contribution in [2.75, 3.05) is 13.1 Å². The summed E-state index contributed by atoms with van der Waals surface area (Å²) >= 11 is 0. The molecule has 0 atom stereocenters. The summed E-state index contributed by atoms with van der Waals surface area (Å²) in [5, 5.41) is 4.14. The van der Waals surface area contributed by atoms with Gasteiger partial charge in [-0.2, -0.15) is 9.78 Å². The van der Waals surface area contributed by atoms with Crippen molar-refractivity contribution < 1.29 is 13.6 Å². The number of carbonyl (C=O) groups is 1. The summed E-state index contributed by atoms with van der Waals surface area (Å²) in [6.07, 6.45) is 0.593. The van der Waals surface area contributed by atoms with Crippen LogP contribution in [0.4, 0.5) is 13.6 Å². The molecule has 0 aliphatic carbocycles. The van der Waals surface area contributed by atoms with Crippen molar-refractivity contribution in [1.29, 1.82) is 0 Å². The van der Waals surface area contributed by atoms with E-state index >= 15 is 0 Å². The first kappa shape index (κ1) is 14.6. The van der Waals surface area contributed by atoms with Crippen molar-refractivity contribution in [2.24, 2.45) is 5.73 Å². The van der Waals surface area contributed by atoms with Gasteiger partial charge in [-0.25, -0.2) is 13.6 Å². The SMILES string of the molecule is CCN1CCc2c(c(-c3cc(F)ccc3F)nn2C(N)=O)C1. The summed E-state index contributed by atoms with van der Waals surface area (Å²) in [7, 11) is 0. The first-order chi connectivity index (χ1) is 10.5. The summed E-state index contributed by atoms with van der Waals surface area (Å²) < 4.78 is 28.6. The van der Waals surface area contributed by atoms with Crippen LogP contribution in [0.25, 0.3) is 11.3 Å². The number of nitrogens with zero attached hydrogens (tertiary/aromatic N) is 3. The van der Waals surface area contributed by atoms with E-state index in [4.69, 9.17) is 5.73 Å². The van der Waals surface area contributed by atoms with Gasteiger partial charge >= 0.3 is 6.03 Å². The highest BCUT2D eigenvalue weighted by Gasteiger charge is 2.27. The monoisotopic (exact) mass is 306 g/mol. The molecule has 0 unspecified atom stereocenters. The zero-order valence-electron chi connectivity index (χ0n) is 12.1. The Labute approximate surface area is 126 Å². The summed E-state index contributed by atoms with van der Waals surface area (Å²) in [5.41, 5.74) is 7.09. The van der Waals surface area contributed by atoms with E-state index in [1.54, 1.807) is 0 Å². The Morgan fingerprint density at radius 2 is 2.18 bits per heavy atom. The van der Waals surface area contributed by atoms with Crippen molar-refractivity contribution >= 4 is 6.03 Å². The van der Waals surface area contributed by atoms with Crippen LogP contribution < -0.4 is 5.73 Å². The van der Waals surface area contributed by atoms with Crippen LogP contribution in [0.3, 0.4) is 0 Å². The lowest BCUT2D eigenvalue weighted by molar-refractivity contribution is 0.243. The van der Waals surface area contributed by atoms with Crippen molar-refractivity contribution in [3.05, 3.63) is 41.1 Å². The molecule has 0 fully saturated rings. The molecule has 1 aromatic heterocycles. The Kier molecular flexibility index (Phi) is 3.66. The van der Waals surface area contributed by atoms with Gasteiger partial charge in [-0.3, -0.25) is 4.90 Å². The first-order valence-electron chi connectivity index (χ1n) is 7.09. The summed E-state index contributed by atoms with van der Waals surface area (Å²) in [6, 6.07) is 2.48. The third kappa shape index (κ3) is 2.37. The lowest BCUT2D eigenvalue weighted by Gasteiger charge is -2.26. The van der Waals surface area contributed by atoms with Gasteiger partial charge in [-0.15, -0.1) is 0 Å². The van der Waals surface area contributed by atoms with Gasteiger partial charge in [0.2, 0.25) is 0 Å². The molecular formula is C15H16F2N4O. The maximum atomic E-state index is 14.1. The molecule has 22 heavy (non-hydrogen) atoms. The molecule has 2 N–H and O–H groups in total. The number of amides is 1. The quantitative estimate of drug-likeness (QED) is 0.924. The number of rotatable bonds is 2. The highest BCUT2D eigenvalue weighted by molar-refractivity contribution is 5.77. The Morgan fingerprint density at radius 3 is 2.86 bits per heavy atom. The number of fused-ring (bicyclic) bond motifs is 1. The van der Waals surface area contributed by atoms with E-state index < -0.39 is 17.7 Å². The van der Waals surface area contributed by atoms with E-state index in [1.807, 2.05) is 6.92 Å². The zero-order valence-corrected chi connectivity index (χ0v) is 12.1. The maximum absolute atomic E-state index is 14.1. The minimum absolute atomic E-state index is 0.0502. The lowest BCUT2D eigenvalue weighted by atomic mass is 10.0. The highest BCUT2D eigenvalue weighted by Crippen LogP contribution is 2.31. The van der Waals surface area contributed by atoms with Crippen LogP contribution in [-0.4, -0.2) is 33.8 Å². The minimum Gasteiger partial charge on any atom is -0.350 e. The van der Waals surface area contributed by atoms with E-state index in [2.05, 4.69) is 10.00 Å². The molecule has 2 aromatic rings. The molecule has 116 valence electrons. The van der Waals surface area contributed by atoms with E-state index in [1.165, 1.54) is 0 Å². The number of hydrogen-bond acceptors (Lipinski definition) is 3. The lowest BCUT2D eigenvalue weighted by Crippen LogP contribution is -2.32. The van der Waals surface area contributed by atoms with Crippen molar-refractivity contribution in [3.8, 4) is 11.3 Å². The third-order valence-corrected chi connectivity index (χ3v) is 3.98. The number of halogens is 2. The largest absolute Gasteiger partial charge is 0.350 e. The van der Waals surface area contributed by atoms with Gasteiger partial charge in [-0.1, -0.05) is 6.92 Å². The fourth-order valence-corrected chi connectivity index (χ4v) is 2.82. The first-order valence-corrected chi connectivity index (χ1v) is 7.09. The van der Waals surface area contributed by atoms with Crippen LogP contribution in [-0.2, 0) is 13.0 Å². The average Bonchev–Trinajstić information content (AvgIpc) is 2.88. The predicted molar refractivity (Wildman–Crippen MR) is 77.2 cm³/mol. The number of likely N-dealkylation sites (N-methyl/N-ethyl adjacent to an activating group) is 1. The van der Waals surface area contributed by atoms with E-state index in [0.717, 1.165) is 41.5 Å². The molecule has 0 bridgehead atoms. The molecule has 1 amide bonds. The molecule has 2 heterocycles. The van der Waals surface area contributed by atoms with E-state index in [0.29, 0.717) is 18.7 Å². The van der Waals surface area contributed by atoms with Crippen LogP contribution in [0.5, 0.6) is 0 Å². The van der Waals surface area contributed by atoms with Gasteiger partial charge in [0.1, 0.15) is 17.3 Å². The second kappa shape index (κ2) is 5.49. The number of nitrogens with two attached hydrogens (primary N) is 1. The smallest absolute Gasteiger partial charge is 0.339 e. The van der Waals surface area contributed by atoms with Gasteiger partial charge in [0.05, 0.1) is 5.69 Å². The highest BCUT2D eigenvalue weighted by atomic mass is 19.1. The van der Waals surface area contributed by atoms with Crippen molar-refractivity contribution in [2.45, 2.75) is 19.9 Å². The minimum atomic E-state index is -0.718. The molecule has 7 heteroatoms. The molecular weight excluding hydrogens is 290 g/mol. The average molecular weight is 306 g/mol. The second-order valence-corrected chi connectivity index (χ2v) is 5.27. The van der Waals surface area contributed by atoms with E-state index in [-0.39, 0.29) is 11.3 Å². The number of primary amides is 1. The molecule has 0 saturated carbocycles.